The minimum absolute atomic E-state index is 0.114. The molecule has 112 valence electrons. The number of thiophene rings is 1. The number of rotatable bonds is 5. The lowest BCUT2D eigenvalue weighted by Crippen LogP contribution is -2.19. The highest BCUT2D eigenvalue weighted by molar-refractivity contribution is 7.19. The van der Waals surface area contributed by atoms with Gasteiger partial charge in [-0.2, -0.15) is 5.26 Å². The van der Waals surface area contributed by atoms with Crippen LogP contribution in [0.4, 0.5) is 10.7 Å². The second-order valence-corrected chi connectivity index (χ2v) is 7.12. The number of Topliss-reactive ketones (excluding diaryl/α,β-unsaturated/α-hetero) is 1. The monoisotopic (exact) mass is 304 g/mol. The number of hydrogen-bond donors (Lipinski definition) is 2. The lowest BCUT2D eigenvalue weighted by molar-refractivity contribution is 0.0972. The van der Waals surface area contributed by atoms with Crippen molar-refractivity contribution in [2.75, 3.05) is 37.7 Å². The molecule has 1 aromatic heterocycles. The summed E-state index contributed by atoms with van der Waals surface area (Å²) in [6, 6.07) is 2.14. The van der Waals surface area contributed by atoms with Gasteiger partial charge in [-0.15, -0.1) is 11.3 Å². The Hall–Kier alpha value is -1.58. The average Bonchev–Trinajstić information content (AvgIpc) is 3.16. The summed E-state index contributed by atoms with van der Waals surface area (Å²) in [5, 5.41) is 13.4. The van der Waals surface area contributed by atoms with Gasteiger partial charge in [-0.25, -0.2) is 0 Å². The van der Waals surface area contributed by atoms with Gasteiger partial charge in [0.1, 0.15) is 16.6 Å². The fraction of sp³-hybridized carbons (Fsp3) is 0.600. The standard InChI is InChI=1S/C15H20N4OS/c1-19-5-4-9(8-19)7-18-15-11(6-16)12(17)14(21-15)13(20)10-2-3-10/h9-10,18H,2-5,7-8,17H2,1H3. The zero-order chi connectivity index (χ0) is 15.0. The fourth-order valence-corrected chi connectivity index (χ4v) is 3.92. The quantitative estimate of drug-likeness (QED) is 0.815. The molecule has 1 aliphatic heterocycles. The maximum atomic E-state index is 12.2. The number of nitrogens with two attached hydrogens (primary N) is 1. The van der Waals surface area contributed by atoms with Gasteiger partial charge in [0.15, 0.2) is 5.78 Å². The number of hydrogen-bond acceptors (Lipinski definition) is 6. The minimum atomic E-state index is 0.114. The van der Waals surface area contributed by atoms with E-state index in [0.717, 1.165) is 37.5 Å². The van der Waals surface area contributed by atoms with Crippen molar-refractivity contribution in [2.24, 2.45) is 11.8 Å². The van der Waals surface area contributed by atoms with E-state index in [1.54, 1.807) is 0 Å². The molecule has 1 saturated carbocycles. The molecule has 2 fully saturated rings. The van der Waals surface area contributed by atoms with E-state index in [2.05, 4.69) is 23.3 Å². The molecular formula is C15H20N4OS. The Balaban J connectivity index is 1.73. The van der Waals surface area contributed by atoms with Crippen molar-refractivity contribution in [3.63, 3.8) is 0 Å². The third-order valence-electron chi connectivity index (χ3n) is 4.27. The van der Waals surface area contributed by atoms with Crippen LogP contribution in [-0.4, -0.2) is 37.4 Å². The van der Waals surface area contributed by atoms with Gasteiger partial charge in [0, 0.05) is 19.0 Å². The molecule has 0 aromatic carbocycles. The number of nitrogens with one attached hydrogen (secondary N) is 1. The van der Waals surface area contributed by atoms with Gasteiger partial charge in [0.05, 0.1) is 10.6 Å². The number of nitrogens with zero attached hydrogens (tertiary/aromatic N) is 2. The first kappa shape index (κ1) is 14.4. The van der Waals surface area contributed by atoms with Crippen molar-refractivity contribution >= 4 is 27.8 Å². The van der Waals surface area contributed by atoms with Crippen LogP contribution in [0.2, 0.25) is 0 Å². The largest absolute Gasteiger partial charge is 0.396 e. The van der Waals surface area contributed by atoms with E-state index in [1.165, 1.54) is 17.8 Å². The fourth-order valence-electron chi connectivity index (χ4n) is 2.82. The van der Waals surface area contributed by atoms with Crippen molar-refractivity contribution in [3.8, 4) is 6.07 Å². The summed E-state index contributed by atoms with van der Waals surface area (Å²) in [6.45, 7) is 3.02. The highest BCUT2D eigenvalue weighted by Gasteiger charge is 2.34. The van der Waals surface area contributed by atoms with Gasteiger partial charge in [0.2, 0.25) is 0 Å². The number of likely N-dealkylation sites (tertiary alicyclic amines) is 1. The number of anilines is 2. The molecule has 0 spiro atoms. The van der Waals surface area contributed by atoms with Crippen LogP contribution in [0.5, 0.6) is 0 Å². The molecule has 6 heteroatoms. The Morgan fingerprint density at radius 3 is 2.86 bits per heavy atom. The van der Waals surface area contributed by atoms with E-state index in [-0.39, 0.29) is 11.7 Å². The predicted molar refractivity (Wildman–Crippen MR) is 84.6 cm³/mol. The molecule has 1 aliphatic carbocycles. The van der Waals surface area contributed by atoms with E-state index in [1.807, 2.05) is 0 Å². The van der Waals surface area contributed by atoms with Crippen molar-refractivity contribution < 1.29 is 4.79 Å². The SMILES string of the molecule is CN1CCC(CNc2sc(C(=O)C3CC3)c(N)c2C#N)C1. The number of nitriles is 1. The Bertz CT molecular complexity index is 600. The van der Waals surface area contributed by atoms with Gasteiger partial charge in [0.25, 0.3) is 0 Å². The predicted octanol–water partition coefficient (Wildman–Crippen LogP) is 2.16. The molecular weight excluding hydrogens is 284 g/mol. The number of carbonyl (C=O) groups excluding carboxylic acids is 1. The summed E-state index contributed by atoms with van der Waals surface area (Å²) in [5.74, 6) is 0.837. The van der Waals surface area contributed by atoms with Crippen molar-refractivity contribution in [3.05, 3.63) is 10.4 Å². The summed E-state index contributed by atoms with van der Waals surface area (Å²) >= 11 is 1.35. The lowest BCUT2D eigenvalue weighted by Gasteiger charge is -2.11. The van der Waals surface area contributed by atoms with E-state index >= 15 is 0 Å². The molecule has 2 aliphatic rings. The van der Waals surface area contributed by atoms with Crippen LogP contribution >= 0.6 is 11.3 Å². The highest BCUT2D eigenvalue weighted by Crippen LogP contribution is 2.41. The molecule has 0 amide bonds. The maximum Gasteiger partial charge on any atom is 0.178 e. The third kappa shape index (κ3) is 2.89. The van der Waals surface area contributed by atoms with Crippen LogP contribution < -0.4 is 11.1 Å². The van der Waals surface area contributed by atoms with E-state index < -0.39 is 0 Å². The molecule has 3 rings (SSSR count). The molecule has 0 bridgehead atoms. The van der Waals surface area contributed by atoms with Crippen LogP contribution in [0, 0.1) is 23.2 Å². The van der Waals surface area contributed by atoms with Gasteiger partial charge >= 0.3 is 0 Å². The topological polar surface area (TPSA) is 82.2 Å². The Labute approximate surface area is 128 Å². The third-order valence-corrected chi connectivity index (χ3v) is 5.45. The summed E-state index contributed by atoms with van der Waals surface area (Å²) in [7, 11) is 2.12. The van der Waals surface area contributed by atoms with Crippen molar-refractivity contribution in [1.29, 1.82) is 5.26 Å². The van der Waals surface area contributed by atoms with Gasteiger partial charge in [-0.1, -0.05) is 0 Å². The Kier molecular flexibility index (Phi) is 3.87. The molecule has 3 N–H and O–H groups in total. The van der Waals surface area contributed by atoms with E-state index in [0.29, 0.717) is 22.0 Å². The normalized spacial score (nSPS) is 22.2. The smallest absolute Gasteiger partial charge is 0.178 e. The first-order valence-corrected chi connectivity index (χ1v) is 8.20. The average molecular weight is 304 g/mol. The van der Waals surface area contributed by atoms with Crippen LogP contribution in [0.15, 0.2) is 0 Å². The van der Waals surface area contributed by atoms with Crippen molar-refractivity contribution in [2.45, 2.75) is 19.3 Å². The van der Waals surface area contributed by atoms with Crippen molar-refractivity contribution in [1.82, 2.24) is 4.90 Å². The summed E-state index contributed by atoms with van der Waals surface area (Å²) in [5.41, 5.74) is 6.81. The molecule has 5 nitrogen and oxygen atoms in total. The number of nitrogen functional groups attached to an aromatic ring is 1. The summed E-state index contributed by atoms with van der Waals surface area (Å²) in [4.78, 5) is 15.1. The van der Waals surface area contributed by atoms with Crippen LogP contribution in [-0.2, 0) is 0 Å². The maximum absolute atomic E-state index is 12.2. The molecule has 21 heavy (non-hydrogen) atoms. The zero-order valence-electron chi connectivity index (χ0n) is 12.2. The van der Waals surface area contributed by atoms with Gasteiger partial charge < -0.3 is 16.0 Å². The van der Waals surface area contributed by atoms with Gasteiger partial charge in [-0.3, -0.25) is 4.79 Å². The first-order chi connectivity index (χ1) is 10.1. The van der Waals surface area contributed by atoms with Crippen LogP contribution in [0.3, 0.4) is 0 Å². The number of carbonyl (C=O) groups is 1. The minimum Gasteiger partial charge on any atom is -0.396 e. The number of ketones is 1. The second kappa shape index (κ2) is 5.66. The van der Waals surface area contributed by atoms with Gasteiger partial charge in [-0.05, 0) is 38.8 Å². The molecule has 0 radical (unpaired) electrons. The second-order valence-electron chi connectivity index (χ2n) is 6.10. The Morgan fingerprint density at radius 2 is 2.29 bits per heavy atom. The first-order valence-electron chi connectivity index (χ1n) is 7.39. The summed E-state index contributed by atoms with van der Waals surface area (Å²) in [6.07, 6.45) is 3.07. The van der Waals surface area contributed by atoms with E-state index in [9.17, 15) is 10.1 Å². The zero-order valence-corrected chi connectivity index (χ0v) is 13.0. The summed E-state index contributed by atoms with van der Waals surface area (Å²) < 4.78 is 0. The van der Waals surface area contributed by atoms with E-state index in [4.69, 9.17) is 5.73 Å². The Morgan fingerprint density at radius 1 is 1.52 bits per heavy atom. The molecule has 2 heterocycles. The van der Waals surface area contributed by atoms with Crippen LogP contribution in [0.25, 0.3) is 0 Å². The van der Waals surface area contributed by atoms with Crippen LogP contribution in [0.1, 0.15) is 34.5 Å². The molecule has 1 aromatic rings. The molecule has 1 atom stereocenters. The molecule has 1 saturated heterocycles. The highest BCUT2D eigenvalue weighted by atomic mass is 32.1. The molecule has 1 unspecified atom stereocenters. The lowest BCUT2D eigenvalue weighted by atomic mass is 10.1.